The van der Waals surface area contributed by atoms with Crippen LogP contribution in [0.15, 0.2) is 72.9 Å². The molecule has 49 heavy (non-hydrogen) atoms. The molecule has 1 aliphatic rings. The van der Waals surface area contributed by atoms with E-state index in [1.165, 1.54) is 29.7 Å². The van der Waals surface area contributed by atoms with E-state index in [0.29, 0.717) is 45.3 Å². The number of benzene rings is 3. The Morgan fingerprint density at radius 1 is 0.980 bits per heavy atom. The van der Waals surface area contributed by atoms with Crippen LogP contribution in [0.5, 0.6) is 0 Å². The Kier molecular flexibility index (Phi) is 9.68. The number of para-hydroxylation sites is 1. The van der Waals surface area contributed by atoms with E-state index in [1.54, 1.807) is 37.2 Å². The molecule has 3 heterocycles. The van der Waals surface area contributed by atoms with Crippen molar-refractivity contribution < 1.29 is 31.5 Å². The van der Waals surface area contributed by atoms with Crippen LogP contribution in [0.1, 0.15) is 0 Å². The van der Waals surface area contributed by atoms with Gasteiger partial charge in [-0.05, 0) is 48.5 Å². The molecule has 0 atom stereocenters. The maximum absolute atomic E-state index is 14.8. The molecule has 1 fully saturated rings. The van der Waals surface area contributed by atoms with Gasteiger partial charge in [-0.15, -0.1) is 0 Å². The highest BCUT2D eigenvalue weighted by atomic mass is 35.5. The van der Waals surface area contributed by atoms with E-state index >= 15 is 0 Å². The van der Waals surface area contributed by atoms with E-state index in [1.807, 2.05) is 12.1 Å². The van der Waals surface area contributed by atoms with E-state index in [-0.39, 0.29) is 16.4 Å². The standard InChI is InChI=1S/C33H27ClF5N7O2S/c1-44(2)32-43-27(19-5-3-6-21(17-19)46(30(47)33(37,38)39)28-23(35)7-4-8-24(28)36)29(49-32)25-11-12-40-31(42-25)41-20-9-10-26(22(34)18-20)45-13-15-48-16-14-45/h3-12,17-18H,13-16H2,1-2H3,(H,40,41,42). The molecule has 1 saturated heterocycles. The molecule has 0 unspecified atom stereocenters. The minimum absolute atomic E-state index is 0.0186. The number of ether oxygens (including phenoxy) is 1. The summed E-state index contributed by atoms with van der Waals surface area (Å²) in [6, 6.07) is 15.0. The predicted octanol–water partition coefficient (Wildman–Crippen LogP) is 8.07. The van der Waals surface area contributed by atoms with Gasteiger partial charge in [-0.25, -0.2) is 23.7 Å². The van der Waals surface area contributed by atoms with Crippen LogP contribution >= 0.6 is 22.9 Å². The first kappa shape index (κ1) is 34.0. The van der Waals surface area contributed by atoms with Crippen molar-refractivity contribution in [2.24, 2.45) is 0 Å². The lowest BCUT2D eigenvalue weighted by Crippen LogP contribution is -2.39. The van der Waals surface area contributed by atoms with Gasteiger partial charge in [-0.2, -0.15) is 13.2 Å². The van der Waals surface area contributed by atoms with Gasteiger partial charge in [0.25, 0.3) is 0 Å². The number of morpholine rings is 1. The van der Waals surface area contributed by atoms with Crippen LogP contribution in [0.2, 0.25) is 5.02 Å². The Labute approximate surface area is 286 Å². The largest absolute Gasteiger partial charge is 0.472 e. The van der Waals surface area contributed by atoms with Crippen molar-refractivity contribution in [3.63, 3.8) is 0 Å². The molecule has 1 N–H and O–H groups in total. The zero-order chi connectivity index (χ0) is 34.9. The SMILES string of the molecule is CN(C)c1nc(-c2cccc(N(C(=O)C(F)(F)F)c3c(F)cccc3F)c2)c(-c2ccnc(Nc3ccc(N4CCOCC4)c(Cl)c3)n2)s1. The average Bonchev–Trinajstić information content (AvgIpc) is 3.53. The molecule has 6 rings (SSSR count). The summed E-state index contributed by atoms with van der Waals surface area (Å²) in [7, 11) is 3.54. The molecule has 9 nitrogen and oxygen atoms in total. The predicted molar refractivity (Wildman–Crippen MR) is 180 cm³/mol. The first-order valence-electron chi connectivity index (χ1n) is 14.8. The number of amides is 1. The Morgan fingerprint density at radius 3 is 2.37 bits per heavy atom. The Balaban J connectivity index is 1.37. The minimum atomic E-state index is -5.44. The highest BCUT2D eigenvalue weighted by Gasteiger charge is 2.45. The van der Waals surface area contributed by atoms with Gasteiger partial charge < -0.3 is 19.9 Å². The van der Waals surface area contributed by atoms with Crippen LogP contribution in [0.4, 0.5) is 55.8 Å². The van der Waals surface area contributed by atoms with Crippen LogP contribution < -0.4 is 20.0 Å². The van der Waals surface area contributed by atoms with E-state index < -0.39 is 35.1 Å². The second kappa shape index (κ2) is 13.9. The lowest BCUT2D eigenvalue weighted by atomic mass is 10.1. The van der Waals surface area contributed by atoms with Gasteiger partial charge >= 0.3 is 12.1 Å². The minimum Gasteiger partial charge on any atom is -0.378 e. The third-order valence-electron chi connectivity index (χ3n) is 7.43. The van der Waals surface area contributed by atoms with Crippen LogP contribution in [-0.2, 0) is 9.53 Å². The quantitative estimate of drug-likeness (QED) is 0.162. The lowest BCUT2D eigenvalue weighted by Gasteiger charge is -2.29. The fourth-order valence-corrected chi connectivity index (χ4v) is 6.44. The number of nitrogens with zero attached hydrogens (tertiary/aromatic N) is 6. The number of carbonyl (C=O) groups is 1. The van der Waals surface area contributed by atoms with Gasteiger partial charge in [-0.3, -0.25) is 9.69 Å². The number of anilines is 6. The van der Waals surface area contributed by atoms with Gasteiger partial charge in [-0.1, -0.05) is 41.1 Å². The first-order valence-corrected chi connectivity index (χ1v) is 16.0. The third kappa shape index (κ3) is 7.28. The van der Waals surface area contributed by atoms with Gasteiger partial charge in [0.05, 0.1) is 45.9 Å². The molecule has 0 spiro atoms. The van der Waals surface area contributed by atoms with Crippen LogP contribution in [0, 0.1) is 11.6 Å². The van der Waals surface area contributed by atoms with Crippen LogP contribution in [0.3, 0.4) is 0 Å². The second-order valence-corrected chi connectivity index (χ2v) is 12.4. The van der Waals surface area contributed by atoms with E-state index in [2.05, 4.69) is 20.2 Å². The molecule has 0 aliphatic carbocycles. The number of halogens is 6. The molecule has 16 heteroatoms. The summed E-state index contributed by atoms with van der Waals surface area (Å²) in [5, 5.41) is 4.23. The number of hydrogen-bond donors (Lipinski definition) is 1. The molecule has 1 aliphatic heterocycles. The summed E-state index contributed by atoms with van der Waals surface area (Å²) in [5.74, 6) is -4.91. The average molecular weight is 716 g/mol. The lowest BCUT2D eigenvalue weighted by molar-refractivity contribution is -0.169. The van der Waals surface area contributed by atoms with E-state index in [0.717, 1.165) is 43.0 Å². The van der Waals surface area contributed by atoms with Gasteiger partial charge in [0, 0.05) is 44.6 Å². The number of carbonyl (C=O) groups excluding carboxylic acids is 1. The molecule has 5 aromatic rings. The van der Waals surface area contributed by atoms with Crippen molar-refractivity contribution in [2.75, 3.05) is 60.4 Å². The van der Waals surface area contributed by atoms with Crippen molar-refractivity contribution in [1.29, 1.82) is 0 Å². The summed E-state index contributed by atoms with van der Waals surface area (Å²) < 4.78 is 76.3. The van der Waals surface area contributed by atoms with Crippen molar-refractivity contribution in [2.45, 2.75) is 6.18 Å². The highest BCUT2D eigenvalue weighted by Crippen LogP contribution is 2.42. The monoisotopic (exact) mass is 715 g/mol. The number of thiazole rings is 1. The zero-order valence-electron chi connectivity index (χ0n) is 25.9. The van der Waals surface area contributed by atoms with Crippen molar-refractivity contribution in [3.8, 4) is 21.8 Å². The van der Waals surface area contributed by atoms with Crippen LogP contribution in [-0.4, -0.2) is 67.4 Å². The Hall–Kier alpha value is -4.86. The van der Waals surface area contributed by atoms with Gasteiger partial charge in [0.2, 0.25) is 5.95 Å². The smallest absolute Gasteiger partial charge is 0.378 e. The normalized spacial score (nSPS) is 13.3. The summed E-state index contributed by atoms with van der Waals surface area (Å²) in [6.45, 7) is 2.68. The van der Waals surface area contributed by atoms with Gasteiger partial charge in [0.15, 0.2) is 5.13 Å². The third-order valence-corrected chi connectivity index (χ3v) is 8.98. The highest BCUT2D eigenvalue weighted by molar-refractivity contribution is 7.19. The number of alkyl halides is 3. The maximum Gasteiger partial charge on any atom is 0.472 e. The van der Waals surface area contributed by atoms with Crippen molar-refractivity contribution in [3.05, 3.63) is 89.6 Å². The second-order valence-electron chi connectivity index (χ2n) is 11.0. The topological polar surface area (TPSA) is 86.7 Å². The molecule has 0 saturated carbocycles. The van der Waals surface area contributed by atoms with Crippen molar-refractivity contribution >= 4 is 62.7 Å². The summed E-state index contributed by atoms with van der Waals surface area (Å²) in [4.78, 5) is 30.7. The molecule has 1 amide bonds. The van der Waals surface area contributed by atoms with E-state index in [9.17, 15) is 26.7 Å². The molecule has 3 aromatic carbocycles. The Bertz CT molecular complexity index is 1980. The van der Waals surface area contributed by atoms with Crippen molar-refractivity contribution in [1.82, 2.24) is 15.0 Å². The summed E-state index contributed by atoms with van der Waals surface area (Å²) in [5.41, 5.74) is 0.962. The fraction of sp³-hybridized carbons (Fsp3) is 0.212. The molecule has 0 bridgehead atoms. The fourth-order valence-electron chi connectivity index (χ4n) is 5.16. The summed E-state index contributed by atoms with van der Waals surface area (Å²) >= 11 is 7.87. The molecular formula is C33H27ClF5N7O2S. The van der Waals surface area contributed by atoms with Gasteiger partial charge in [0.1, 0.15) is 17.3 Å². The summed E-state index contributed by atoms with van der Waals surface area (Å²) in [6.07, 6.45) is -3.90. The van der Waals surface area contributed by atoms with E-state index in [4.69, 9.17) is 21.3 Å². The molecular weight excluding hydrogens is 689 g/mol. The first-order chi connectivity index (χ1) is 23.4. The number of rotatable bonds is 8. The Morgan fingerprint density at radius 2 is 1.69 bits per heavy atom. The number of aromatic nitrogens is 3. The number of nitrogens with one attached hydrogen (secondary N) is 1. The molecule has 254 valence electrons. The maximum atomic E-state index is 14.8. The molecule has 0 radical (unpaired) electrons. The number of hydrogen-bond acceptors (Lipinski definition) is 9. The van der Waals surface area contributed by atoms with Crippen LogP contribution in [0.25, 0.3) is 21.8 Å². The zero-order valence-corrected chi connectivity index (χ0v) is 27.5. The molecule has 2 aromatic heterocycles.